The fraction of sp³-hybridized carbons (Fsp3) is 0.429. The molecule has 2 aromatic rings. The molecule has 1 aromatic carbocycles. The molecule has 1 unspecified atom stereocenters. The maximum atomic E-state index is 12.6. The third-order valence-corrected chi connectivity index (χ3v) is 4.83. The van der Waals surface area contributed by atoms with Gasteiger partial charge >= 0.3 is 5.97 Å². The summed E-state index contributed by atoms with van der Waals surface area (Å²) in [7, 11) is 0. The van der Waals surface area contributed by atoms with Crippen molar-refractivity contribution >= 4 is 11.9 Å². The summed E-state index contributed by atoms with van der Waals surface area (Å²) in [6, 6.07) is 6.70. The molecule has 1 fully saturated rings. The number of likely N-dealkylation sites (tertiary alicyclic amines) is 1. The summed E-state index contributed by atoms with van der Waals surface area (Å²) in [6.45, 7) is 7.24. The molecule has 6 nitrogen and oxygen atoms in total. The van der Waals surface area contributed by atoms with E-state index in [4.69, 9.17) is 4.98 Å². The first-order chi connectivity index (χ1) is 12.8. The normalized spacial score (nSPS) is 17.6. The molecular weight excluding hydrogens is 342 g/mol. The average molecular weight is 367 g/mol. The van der Waals surface area contributed by atoms with E-state index in [9.17, 15) is 14.7 Å². The van der Waals surface area contributed by atoms with Crippen LogP contribution in [0.25, 0.3) is 11.3 Å². The Kier molecular flexibility index (Phi) is 5.26. The van der Waals surface area contributed by atoms with Crippen LogP contribution in [-0.4, -0.2) is 44.9 Å². The predicted octanol–water partition coefficient (Wildman–Crippen LogP) is 3.59. The molecule has 0 aliphatic carbocycles. The third-order valence-electron chi connectivity index (χ3n) is 4.83. The summed E-state index contributed by atoms with van der Waals surface area (Å²) in [5.41, 5.74) is 2.05. The van der Waals surface area contributed by atoms with Crippen LogP contribution in [0.15, 0.2) is 36.7 Å². The molecule has 142 valence electrons. The van der Waals surface area contributed by atoms with E-state index in [-0.39, 0.29) is 17.4 Å². The lowest BCUT2D eigenvalue weighted by atomic mass is 9.90. The van der Waals surface area contributed by atoms with Crippen molar-refractivity contribution < 1.29 is 14.7 Å². The van der Waals surface area contributed by atoms with Crippen molar-refractivity contribution in [2.24, 2.45) is 5.41 Å². The molecule has 1 N–H and O–H groups in total. The third kappa shape index (κ3) is 4.32. The summed E-state index contributed by atoms with van der Waals surface area (Å²) in [5, 5.41) is 9.19. The van der Waals surface area contributed by atoms with E-state index >= 15 is 0 Å². The lowest BCUT2D eigenvalue weighted by molar-refractivity contribution is -0.140. The molecule has 0 spiro atoms. The molecule has 0 radical (unpaired) electrons. The topological polar surface area (TPSA) is 83.4 Å². The van der Waals surface area contributed by atoms with Crippen LogP contribution in [0.3, 0.4) is 0 Å². The number of amides is 1. The molecule has 6 heteroatoms. The molecular formula is C21H25N3O3. The largest absolute Gasteiger partial charge is 0.478 e. The van der Waals surface area contributed by atoms with Gasteiger partial charge in [-0.1, -0.05) is 32.9 Å². The second-order valence-corrected chi connectivity index (χ2v) is 8.06. The van der Waals surface area contributed by atoms with E-state index in [0.29, 0.717) is 12.2 Å². The van der Waals surface area contributed by atoms with Crippen molar-refractivity contribution in [3.63, 3.8) is 0 Å². The molecule has 1 atom stereocenters. The molecule has 0 bridgehead atoms. The van der Waals surface area contributed by atoms with Gasteiger partial charge in [0.2, 0.25) is 5.91 Å². The summed E-state index contributed by atoms with van der Waals surface area (Å²) >= 11 is 0. The minimum absolute atomic E-state index is 0.139. The number of piperidine rings is 1. The van der Waals surface area contributed by atoms with E-state index in [1.807, 2.05) is 31.7 Å². The van der Waals surface area contributed by atoms with Gasteiger partial charge in [-0.15, -0.1) is 0 Å². The zero-order valence-corrected chi connectivity index (χ0v) is 16.0. The van der Waals surface area contributed by atoms with Crippen molar-refractivity contribution in [2.75, 3.05) is 13.1 Å². The maximum absolute atomic E-state index is 12.6. The van der Waals surface area contributed by atoms with Gasteiger partial charge in [0, 0.05) is 36.2 Å². The number of carbonyl (C=O) groups excluding carboxylic acids is 1. The first-order valence-corrected chi connectivity index (χ1v) is 9.21. The standard InChI is InChI=1S/C21H25N3O3/c1-21(2,3)20(27)24-9-5-8-16(13-24)18-12-22-11-17(23-18)14-6-4-7-15(10-14)19(25)26/h4,6-7,10-12,16H,5,8-9,13H2,1-3H3,(H,25,26). The average Bonchev–Trinajstić information content (AvgIpc) is 2.67. The van der Waals surface area contributed by atoms with Gasteiger partial charge in [-0.3, -0.25) is 9.78 Å². The van der Waals surface area contributed by atoms with Gasteiger partial charge in [0.05, 0.1) is 23.1 Å². The number of carboxylic acid groups (broad SMARTS) is 1. The van der Waals surface area contributed by atoms with Gasteiger partial charge in [0.1, 0.15) is 0 Å². The van der Waals surface area contributed by atoms with E-state index in [1.165, 1.54) is 0 Å². The smallest absolute Gasteiger partial charge is 0.335 e. The zero-order chi connectivity index (χ0) is 19.6. The highest BCUT2D eigenvalue weighted by atomic mass is 16.4. The van der Waals surface area contributed by atoms with Gasteiger partial charge in [-0.2, -0.15) is 0 Å². The number of hydrogen-bond acceptors (Lipinski definition) is 4. The van der Waals surface area contributed by atoms with Crippen LogP contribution in [0, 0.1) is 5.41 Å². The second-order valence-electron chi connectivity index (χ2n) is 8.06. The number of carboxylic acids is 1. The highest BCUT2D eigenvalue weighted by molar-refractivity contribution is 5.89. The summed E-state index contributed by atoms with van der Waals surface area (Å²) in [5.74, 6) is -0.671. The molecule has 27 heavy (non-hydrogen) atoms. The number of rotatable bonds is 3. The van der Waals surface area contributed by atoms with Gasteiger partial charge < -0.3 is 10.0 Å². The van der Waals surface area contributed by atoms with Crippen LogP contribution in [0.5, 0.6) is 0 Å². The second kappa shape index (κ2) is 7.47. The Morgan fingerprint density at radius 2 is 2.00 bits per heavy atom. The van der Waals surface area contributed by atoms with Crippen LogP contribution in [-0.2, 0) is 4.79 Å². The Morgan fingerprint density at radius 3 is 2.70 bits per heavy atom. The van der Waals surface area contributed by atoms with Crippen LogP contribution in [0.2, 0.25) is 0 Å². The Balaban J connectivity index is 1.84. The van der Waals surface area contributed by atoms with Crippen LogP contribution in [0.1, 0.15) is 55.6 Å². The highest BCUT2D eigenvalue weighted by Crippen LogP contribution is 2.29. The number of carbonyl (C=O) groups is 2. The van der Waals surface area contributed by atoms with Gasteiger partial charge in [0.15, 0.2) is 0 Å². The van der Waals surface area contributed by atoms with Crippen LogP contribution in [0.4, 0.5) is 0 Å². The molecule has 1 saturated heterocycles. The lowest BCUT2D eigenvalue weighted by Gasteiger charge is -2.36. The first kappa shape index (κ1) is 19.0. The number of aromatic carboxylic acids is 1. The number of hydrogen-bond donors (Lipinski definition) is 1. The van der Waals surface area contributed by atoms with Crippen LogP contribution < -0.4 is 0 Å². The van der Waals surface area contributed by atoms with Crippen molar-refractivity contribution in [3.05, 3.63) is 47.9 Å². The number of aromatic nitrogens is 2. The summed E-state index contributed by atoms with van der Waals surface area (Å²) < 4.78 is 0. The van der Waals surface area contributed by atoms with E-state index in [1.54, 1.807) is 30.6 Å². The van der Waals surface area contributed by atoms with E-state index in [0.717, 1.165) is 30.6 Å². The van der Waals surface area contributed by atoms with E-state index < -0.39 is 11.4 Å². The summed E-state index contributed by atoms with van der Waals surface area (Å²) in [4.78, 5) is 34.8. The molecule has 1 aliphatic rings. The quantitative estimate of drug-likeness (QED) is 0.896. The number of benzene rings is 1. The predicted molar refractivity (Wildman–Crippen MR) is 102 cm³/mol. The Morgan fingerprint density at radius 1 is 1.22 bits per heavy atom. The van der Waals surface area contributed by atoms with Crippen LogP contribution >= 0.6 is 0 Å². The minimum atomic E-state index is -0.968. The van der Waals surface area contributed by atoms with Gasteiger partial charge in [-0.05, 0) is 25.0 Å². The van der Waals surface area contributed by atoms with Crippen molar-refractivity contribution in [3.8, 4) is 11.3 Å². The lowest BCUT2D eigenvalue weighted by Crippen LogP contribution is -2.44. The minimum Gasteiger partial charge on any atom is -0.478 e. The zero-order valence-electron chi connectivity index (χ0n) is 16.0. The first-order valence-electron chi connectivity index (χ1n) is 9.21. The van der Waals surface area contributed by atoms with E-state index in [2.05, 4.69) is 4.98 Å². The summed E-state index contributed by atoms with van der Waals surface area (Å²) in [6.07, 6.45) is 5.29. The molecule has 3 rings (SSSR count). The fourth-order valence-corrected chi connectivity index (χ4v) is 3.41. The molecule has 0 saturated carbocycles. The Bertz CT molecular complexity index is 858. The molecule has 1 aromatic heterocycles. The SMILES string of the molecule is CC(C)(C)C(=O)N1CCCC(c2cncc(-c3cccc(C(=O)O)c3)n2)C1. The molecule has 1 aliphatic heterocycles. The van der Waals surface area contributed by atoms with Gasteiger partial charge in [0.25, 0.3) is 0 Å². The Labute approximate surface area is 159 Å². The maximum Gasteiger partial charge on any atom is 0.335 e. The van der Waals surface area contributed by atoms with Gasteiger partial charge in [-0.25, -0.2) is 9.78 Å². The number of nitrogens with zero attached hydrogens (tertiary/aromatic N) is 3. The molecule has 2 heterocycles. The van der Waals surface area contributed by atoms with Crippen molar-refractivity contribution in [1.82, 2.24) is 14.9 Å². The molecule has 1 amide bonds. The monoisotopic (exact) mass is 367 g/mol. The van der Waals surface area contributed by atoms with Crippen molar-refractivity contribution in [1.29, 1.82) is 0 Å². The fourth-order valence-electron chi connectivity index (χ4n) is 3.41. The van der Waals surface area contributed by atoms with Crippen molar-refractivity contribution in [2.45, 2.75) is 39.5 Å². The Hall–Kier alpha value is -2.76. The highest BCUT2D eigenvalue weighted by Gasteiger charge is 2.32.